The Morgan fingerprint density at radius 2 is 2.00 bits per heavy atom. The first kappa shape index (κ1) is 13.8. The molecule has 0 saturated heterocycles. The van der Waals surface area contributed by atoms with Crippen LogP contribution in [-0.2, 0) is 11.2 Å². The van der Waals surface area contributed by atoms with Crippen molar-refractivity contribution in [3.8, 4) is 5.69 Å². The molecule has 0 saturated carbocycles. The minimum absolute atomic E-state index is 0.0693. The minimum atomic E-state index is -1.02. The summed E-state index contributed by atoms with van der Waals surface area (Å²) in [6.45, 7) is 1.63. The number of benzene rings is 1. The molecule has 8 heteroatoms. The van der Waals surface area contributed by atoms with Crippen LogP contribution in [0.15, 0.2) is 12.1 Å². The van der Waals surface area contributed by atoms with E-state index >= 15 is 0 Å². The average molecular weight is 304 g/mol. The third-order valence-electron chi connectivity index (χ3n) is 2.50. The van der Waals surface area contributed by atoms with E-state index in [0.717, 1.165) is 12.1 Å². The van der Waals surface area contributed by atoms with Crippen LogP contribution < -0.4 is 0 Å². The van der Waals surface area contributed by atoms with Crippen LogP contribution in [0.25, 0.3) is 5.69 Å². The average Bonchev–Trinajstić information content (AvgIpc) is 2.60. The third-order valence-corrected chi connectivity index (χ3v) is 3.08. The van der Waals surface area contributed by atoms with Gasteiger partial charge in [0.05, 0.1) is 27.9 Å². The number of carboxylic acid groups (broad SMARTS) is 1. The fourth-order valence-electron chi connectivity index (χ4n) is 1.62. The molecule has 0 fully saturated rings. The van der Waals surface area contributed by atoms with Crippen LogP contribution in [0.4, 0.5) is 4.39 Å². The normalized spacial score (nSPS) is 10.7. The SMILES string of the molecule is Cc1c(CC(=O)O)nnn1-c1c(Cl)cc(F)cc1Cl. The van der Waals surface area contributed by atoms with Crippen LogP contribution in [0.5, 0.6) is 0 Å². The maximum Gasteiger partial charge on any atom is 0.309 e. The number of aromatic nitrogens is 3. The van der Waals surface area contributed by atoms with Crippen LogP contribution in [0.2, 0.25) is 10.0 Å². The number of rotatable bonds is 3. The molecule has 2 rings (SSSR count). The monoisotopic (exact) mass is 303 g/mol. The van der Waals surface area contributed by atoms with Crippen LogP contribution in [0.1, 0.15) is 11.4 Å². The molecule has 19 heavy (non-hydrogen) atoms. The largest absolute Gasteiger partial charge is 0.481 e. The van der Waals surface area contributed by atoms with Gasteiger partial charge in [0.15, 0.2) is 0 Å². The summed E-state index contributed by atoms with van der Waals surface area (Å²) in [5.74, 6) is -1.59. The lowest BCUT2D eigenvalue weighted by molar-refractivity contribution is -0.136. The maximum absolute atomic E-state index is 13.1. The molecule has 0 amide bonds. The van der Waals surface area contributed by atoms with Crippen molar-refractivity contribution in [3.05, 3.63) is 39.4 Å². The maximum atomic E-state index is 13.1. The van der Waals surface area contributed by atoms with Gasteiger partial charge in [0.25, 0.3) is 0 Å². The summed E-state index contributed by atoms with van der Waals surface area (Å²) in [6.07, 6.45) is -0.262. The van der Waals surface area contributed by atoms with Crippen molar-refractivity contribution >= 4 is 29.2 Å². The standard InChI is InChI=1S/C11H8Cl2FN3O2/c1-5-9(4-10(18)19)15-16-17(5)11-7(12)2-6(14)3-8(11)13/h2-3H,4H2,1H3,(H,18,19). The molecule has 1 heterocycles. The molecule has 100 valence electrons. The number of hydrogen-bond donors (Lipinski definition) is 1. The molecule has 0 radical (unpaired) electrons. The number of halogens is 3. The molecule has 0 unspecified atom stereocenters. The summed E-state index contributed by atoms with van der Waals surface area (Å²) in [7, 11) is 0. The molecule has 0 aliphatic heterocycles. The fourth-order valence-corrected chi connectivity index (χ4v) is 2.24. The van der Waals surface area contributed by atoms with E-state index in [1.807, 2.05) is 0 Å². The quantitative estimate of drug-likeness (QED) is 0.946. The first-order valence-corrected chi connectivity index (χ1v) is 5.93. The molecule has 0 aliphatic rings. The van der Waals surface area contributed by atoms with E-state index in [1.165, 1.54) is 4.68 Å². The van der Waals surface area contributed by atoms with Crippen molar-refractivity contribution in [2.24, 2.45) is 0 Å². The van der Waals surface area contributed by atoms with Gasteiger partial charge in [-0.1, -0.05) is 28.4 Å². The predicted octanol–water partition coefficient (Wildman–Crippen LogP) is 2.65. The predicted molar refractivity (Wildman–Crippen MR) is 67.4 cm³/mol. The number of aliphatic carboxylic acids is 1. The molecule has 5 nitrogen and oxygen atoms in total. The summed E-state index contributed by atoms with van der Waals surface area (Å²) in [5, 5.41) is 16.4. The molecular weight excluding hydrogens is 296 g/mol. The molecule has 1 N–H and O–H groups in total. The molecule has 0 spiro atoms. The zero-order valence-corrected chi connectivity index (χ0v) is 11.2. The van der Waals surface area contributed by atoms with Crippen LogP contribution >= 0.6 is 23.2 Å². The number of carbonyl (C=O) groups is 1. The molecule has 0 aliphatic carbocycles. The van der Waals surface area contributed by atoms with E-state index in [4.69, 9.17) is 28.3 Å². The molecular formula is C11H8Cl2FN3O2. The van der Waals surface area contributed by atoms with E-state index in [9.17, 15) is 9.18 Å². The Hall–Kier alpha value is -1.66. The van der Waals surface area contributed by atoms with Gasteiger partial charge >= 0.3 is 5.97 Å². The van der Waals surface area contributed by atoms with Gasteiger partial charge in [0.2, 0.25) is 0 Å². The molecule has 2 aromatic rings. The molecule has 0 atom stereocenters. The number of hydrogen-bond acceptors (Lipinski definition) is 3. The fraction of sp³-hybridized carbons (Fsp3) is 0.182. The first-order valence-electron chi connectivity index (χ1n) is 5.18. The Balaban J connectivity index is 2.54. The van der Waals surface area contributed by atoms with Gasteiger partial charge in [-0.2, -0.15) is 0 Å². The minimum Gasteiger partial charge on any atom is -0.481 e. The Morgan fingerprint density at radius 1 is 1.42 bits per heavy atom. The lowest BCUT2D eigenvalue weighted by Crippen LogP contribution is -2.04. The third kappa shape index (κ3) is 2.69. The van der Waals surface area contributed by atoms with Crippen molar-refractivity contribution < 1.29 is 14.3 Å². The van der Waals surface area contributed by atoms with Gasteiger partial charge in [-0.25, -0.2) is 9.07 Å². The molecule has 1 aromatic heterocycles. The zero-order valence-electron chi connectivity index (χ0n) is 9.69. The van der Waals surface area contributed by atoms with Gasteiger partial charge in [-0.15, -0.1) is 5.10 Å². The second-order valence-corrected chi connectivity index (χ2v) is 4.64. The van der Waals surface area contributed by atoms with E-state index < -0.39 is 11.8 Å². The highest BCUT2D eigenvalue weighted by Gasteiger charge is 2.17. The van der Waals surface area contributed by atoms with E-state index in [-0.39, 0.29) is 22.2 Å². The summed E-state index contributed by atoms with van der Waals surface area (Å²) < 4.78 is 14.4. The highest BCUT2D eigenvalue weighted by molar-refractivity contribution is 6.37. The number of carboxylic acids is 1. The summed E-state index contributed by atoms with van der Waals surface area (Å²) >= 11 is 11.9. The Kier molecular flexibility index (Phi) is 3.73. The van der Waals surface area contributed by atoms with Gasteiger partial charge in [-0.3, -0.25) is 4.79 Å². The van der Waals surface area contributed by atoms with Crippen molar-refractivity contribution in [1.82, 2.24) is 15.0 Å². The van der Waals surface area contributed by atoms with Crippen molar-refractivity contribution in [3.63, 3.8) is 0 Å². The van der Waals surface area contributed by atoms with Gasteiger partial charge in [0, 0.05) is 0 Å². The molecule has 0 bridgehead atoms. The van der Waals surface area contributed by atoms with E-state index in [1.54, 1.807) is 6.92 Å². The Morgan fingerprint density at radius 3 is 2.53 bits per heavy atom. The van der Waals surface area contributed by atoms with Crippen molar-refractivity contribution in [2.75, 3.05) is 0 Å². The van der Waals surface area contributed by atoms with Crippen molar-refractivity contribution in [2.45, 2.75) is 13.3 Å². The highest BCUT2D eigenvalue weighted by atomic mass is 35.5. The summed E-state index contributed by atoms with van der Waals surface area (Å²) in [5.41, 5.74) is 1.05. The van der Waals surface area contributed by atoms with Crippen molar-refractivity contribution in [1.29, 1.82) is 0 Å². The lowest BCUT2D eigenvalue weighted by Gasteiger charge is -2.08. The van der Waals surface area contributed by atoms with Gasteiger partial charge in [0.1, 0.15) is 11.5 Å². The van der Waals surface area contributed by atoms with E-state index in [0.29, 0.717) is 11.4 Å². The van der Waals surface area contributed by atoms with E-state index in [2.05, 4.69) is 10.3 Å². The molecule has 1 aromatic carbocycles. The summed E-state index contributed by atoms with van der Waals surface area (Å²) in [6, 6.07) is 2.20. The Labute approximate surface area is 117 Å². The van der Waals surface area contributed by atoms with Gasteiger partial charge < -0.3 is 5.11 Å². The number of nitrogens with zero attached hydrogens (tertiary/aromatic N) is 3. The Bertz CT molecular complexity index is 634. The summed E-state index contributed by atoms with van der Waals surface area (Å²) in [4.78, 5) is 10.7. The highest BCUT2D eigenvalue weighted by Crippen LogP contribution is 2.30. The second kappa shape index (κ2) is 5.14. The van der Waals surface area contributed by atoms with Gasteiger partial charge in [-0.05, 0) is 19.1 Å². The first-order chi connectivity index (χ1) is 8.90. The zero-order chi connectivity index (χ0) is 14.2. The van der Waals surface area contributed by atoms with Crippen LogP contribution in [0, 0.1) is 12.7 Å². The van der Waals surface area contributed by atoms with Crippen LogP contribution in [-0.4, -0.2) is 26.1 Å². The second-order valence-electron chi connectivity index (χ2n) is 3.82. The lowest BCUT2D eigenvalue weighted by atomic mass is 10.2. The van der Waals surface area contributed by atoms with Crippen LogP contribution in [0.3, 0.4) is 0 Å². The topological polar surface area (TPSA) is 68.0 Å². The smallest absolute Gasteiger partial charge is 0.309 e.